The number of hydrogen-bond acceptors (Lipinski definition) is 4. The summed E-state index contributed by atoms with van der Waals surface area (Å²) >= 11 is 6.26. The number of furan rings is 1. The van der Waals surface area contributed by atoms with Gasteiger partial charge in [-0.2, -0.15) is 0 Å². The van der Waals surface area contributed by atoms with Crippen molar-refractivity contribution in [1.29, 1.82) is 0 Å². The molecule has 0 spiro atoms. The van der Waals surface area contributed by atoms with Crippen LogP contribution in [-0.2, 0) is 0 Å². The smallest absolute Gasteiger partial charge is 0.164 e. The van der Waals surface area contributed by atoms with E-state index in [-0.39, 0.29) is 0 Å². The lowest BCUT2D eigenvalue weighted by Crippen LogP contribution is -2.00. The summed E-state index contributed by atoms with van der Waals surface area (Å²) in [5.74, 6) is 1.88. The highest BCUT2D eigenvalue weighted by Crippen LogP contribution is 2.40. The van der Waals surface area contributed by atoms with Crippen LogP contribution < -0.4 is 0 Å². The van der Waals surface area contributed by atoms with Gasteiger partial charge in [0.1, 0.15) is 11.2 Å². The van der Waals surface area contributed by atoms with Gasteiger partial charge in [0, 0.05) is 43.9 Å². The normalized spacial score (nSPS) is 11.5. The number of fused-ring (bicyclic) bond motifs is 5. The van der Waals surface area contributed by atoms with Crippen molar-refractivity contribution in [3.05, 3.63) is 114 Å². The zero-order valence-electron chi connectivity index (χ0n) is 19.0. The number of nitrogens with zero attached hydrogens (tertiary/aromatic N) is 3. The van der Waals surface area contributed by atoms with Crippen LogP contribution in [0.1, 0.15) is 0 Å². The largest absolute Gasteiger partial charge is 0.455 e. The van der Waals surface area contributed by atoms with Gasteiger partial charge in [-0.3, -0.25) is 0 Å². The molecule has 4 nitrogen and oxygen atoms in total. The van der Waals surface area contributed by atoms with Crippen molar-refractivity contribution >= 4 is 44.3 Å². The Labute approximate surface area is 211 Å². The summed E-state index contributed by atoms with van der Waals surface area (Å²) in [6.07, 6.45) is 0. The van der Waals surface area contributed by atoms with E-state index in [2.05, 4.69) is 18.2 Å². The van der Waals surface area contributed by atoms with E-state index in [0.29, 0.717) is 22.5 Å². The van der Waals surface area contributed by atoms with Crippen molar-refractivity contribution in [2.75, 3.05) is 0 Å². The van der Waals surface area contributed by atoms with Crippen molar-refractivity contribution in [1.82, 2.24) is 15.0 Å². The van der Waals surface area contributed by atoms with Crippen molar-refractivity contribution in [3.8, 4) is 34.2 Å². The van der Waals surface area contributed by atoms with E-state index in [1.807, 2.05) is 91.0 Å². The molecule has 0 atom stereocenters. The highest BCUT2D eigenvalue weighted by Gasteiger charge is 2.18. The third-order valence-electron chi connectivity index (χ3n) is 6.38. The highest BCUT2D eigenvalue weighted by molar-refractivity contribution is 6.31. The fraction of sp³-hybridized carbons (Fsp3) is 0. The van der Waals surface area contributed by atoms with E-state index in [0.717, 1.165) is 49.4 Å². The van der Waals surface area contributed by atoms with Gasteiger partial charge in [-0.05, 0) is 23.6 Å². The van der Waals surface area contributed by atoms with Crippen LogP contribution >= 0.6 is 11.6 Å². The lowest BCUT2D eigenvalue weighted by molar-refractivity contribution is 0.672. The average Bonchev–Trinajstić information content (AvgIpc) is 3.31. The lowest BCUT2D eigenvalue weighted by atomic mass is 9.99. The molecule has 0 aliphatic carbocycles. The van der Waals surface area contributed by atoms with Crippen LogP contribution in [0.5, 0.6) is 0 Å². The number of benzene rings is 5. The van der Waals surface area contributed by atoms with Gasteiger partial charge >= 0.3 is 0 Å². The predicted octanol–water partition coefficient (Wildman–Crippen LogP) is 8.58. The maximum absolute atomic E-state index is 6.29. The van der Waals surface area contributed by atoms with Crippen molar-refractivity contribution in [3.63, 3.8) is 0 Å². The van der Waals surface area contributed by atoms with Crippen LogP contribution in [0, 0.1) is 0 Å². The van der Waals surface area contributed by atoms with Crippen LogP contribution in [0.4, 0.5) is 0 Å². The summed E-state index contributed by atoms with van der Waals surface area (Å²) in [7, 11) is 0. The molecule has 0 saturated carbocycles. The zero-order valence-corrected chi connectivity index (χ0v) is 19.8. The minimum absolute atomic E-state index is 0.615. The fourth-order valence-electron chi connectivity index (χ4n) is 4.69. The van der Waals surface area contributed by atoms with E-state index in [9.17, 15) is 0 Å². The van der Waals surface area contributed by atoms with Gasteiger partial charge in [0.05, 0.1) is 0 Å². The van der Waals surface area contributed by atoms with E-state index in [1.165, 1.54) is 0 Å². The maximum Gasteiger partial charge on any atom is 0.164 e. The Morgan fingerprint density at radius 2 is 1.08 bits per heavy atom. The molecule has 5 heteroatoms. The molecule has 170 valence electrons. The summed E-state index contributed by atoms with van der Waals surface area (Å²) in [6.45, 7) is 0. The van der Waals surface area contributed by atoms with Crippen LogP contribution in [-0.4, -0.2) is 15.0 Å². The fourth-order valence-corrected chi connectivity index (χ4v) is 4.85. The summed E-state index contributed by atoms with van der Waals surface area (Å²) in [4.78, 5) is 14.8. The first-order chi connectivity index (χ1) is 17.7. The second-order valence-electron chi connectivity index (χ2n) is 8.63. The predicted molar refractivity (Wildman–Crippen MR) is 146 cm³/mol. The van der Waals surface area contributed by atoms with Gasteiger partial charge in [-0.1, -0.05) is 96.5 Å². The Morgan fingerprint density at radius 1 is 0.500 bits per heavy atom. The van der Waals surface area contributed by atoms with Crippen molar-refractivity contribution < 1.29 is 4.42 Å². The Bertz CT molecular complexity index is 1840. The number of aromatic nitrogens is 3. The second kappa shape index (κ2) is 8.29. The minimum atomic E-state index is 0.615. The van der Waals surface area contributed by atoms with Crippen molar-refractivity contribution in [2.24, 2.45) is 0 Å². The second-order valence-corrected chi connectivity index (χ2v) is 9.06. The third kappa shape index (κ3) is 3.43. The van der Waals surface area contributed by atoms with E-state index in [1.54, 1.807) is 0 Å². The Morgan fingerprint density at radius 3 is 1.75 bits per heavy atom. The van der Waals surface area contributed by atoms with Gasteiger partial charge in [-0.25, -0.2) is 15.0 Å². The summed E-state index contributed by atoms with van der Waals surface area (Å²) in [6, 6.07) is 36.1. The Balaban J connectivity index is 1.57. The van der Waals surface area contributed by atoms with Crippen LogP contribution in [0.15, 0.2) is 114 Å². The molecule has 0 amide bonds. The number of halogens is 1. The summed E-state index contributed by atoms with van der Waals surface area (Å²) in [5.41, 5.74) is 4.38. The Kier molecular flexibility index (Phi) is 4.79. The molecule has 5 aromatic carbocycles. The monoisotopic (exact) mass is 483 g/mol. The van der Waals surface area contributed by atoms with Gasteiger partial charge in [-0.15, -0.1) is 0 Å². The standard InChI is InChI=1S/C31H18ClN3O/c32-21-15-16-23-25-18-26(22-13-7-8-14-24(22)28(25)36-27(23)17-21)31-34-29(19-9-3-1-4-10-19)33-30(35-31)20-11-5-2-6-12-20/h1-18H. The van der Waals surface area contributed by atoms with E-state index >= 15 is 0 Å². The van der Waals surface area contributed by atoms with Gasteiger partial charge in [0.2, 0.25) is 0 Å². The molecular weight excluding hydrogens is 466 g/mol. The molecule has 2 heterocycles. The van der Waals surface area contributed by atoms with Crippen molar-refractivity contribution in [2.45, 2.75) is 0 Å². The number of rotatable bonds is 3. The molecule has 0 radical (unpaired) electrons. The molecule has 2 aromatic heterocycles. The minimum Gasteiger partial charge on any atom is -0.455 e. The summed E-state index contributed by atoms with van der Waals surface area (Å²) < 4.78 is 6.29. The molecule has 0 aliphatic rings. The highest BCUT2D eigenvalue weighted by atomic mass is 35.5. The maximum atomic E-state index is 6.29. The van der Waals surface area contributed by atoms with E-state index < -0.39 is 0 Å². The first-order valence-corrected chi connectivity index (χ1v) is 12.0. The molecule has 0 aliphatic heterocycles. The number of hydrogen-bond donors (Lipinski definition) is 0. The molecule has 0 N–H and O–H groups in total. The quantitative estimate of drug-likeness (QED) is 0.252. The van der Waals surface area contributed by atoms with E-state index in [4.69, 9.17) is 31.0 Å². The molecule has 7 rings (SSSR count). The Hall–Kier alpha value is -4.54. The van der Waals surface area contributed by atoms with Gasteiger partial charge in [0.25, 0.3) is 0 Å². The average molecular weight is 484 g/mol. The van der Waals surface area contributed by atoms with Gasteiger partial charge in [0.15, 0.2) is 17.5 Å². The topological polar surface area (TPSA) is 51.8 Å². The molecule has 0 fully saturated rings. The molecule has 0 bridgehead atoms. The third-order valence-corrected chi connectivity index (χ3v) is 6.62. The summed E-state index contributed by atoms with van der Waals surface area (Å²) in [5, 5.41) is 4.66. The molecule has 36 heavy (non-hydrogen) atoms. The first-order valence-electron chi connectivity index (χ1n) is 11.7. The van der Waals surface area contributed by atoms with Gasteiger partial charge < -0.3 is 4.42 Å². The molecular formula is C31H18ClN3O. The van der Waals surface area contributed by atoms with Crippen LogP contribution in [0.25, 0.3) is 66.9 Å². The van der Waals surface area contributed by atoms with Crippen LogP contribution in [0.2, 0.25) is 5.02 Å². The lowest BCUT2D eigenvalue weighted by Gasteiger charge is -2.11. The zero-order chi connectivity index (χ0) is 24.1. The molecule has 0 saturated heterocycles. The van der Waals surface area contributed by atoms with Crippen LogP contribution in [0.3, 0.4) is 0 Å². The molecule has 7 aromatic rings. The first kappa shape index (κ1) is 20.8. The molecule has 0 unspecified atom stereocenters. The SMILES string of the molecule is Clc1ccc2c(c1)oc1c3ccccc3c(-c3nc(-c4ccccc4)nc(-c4ccccc4)n3)cc21.